The summed E-state index contributed by atoms with van der Waals surface area (Å²) in [7, 11) is 0. The number of aliphatic hydroxyl groups excluding tert-OH is 9. The van der Waals surface area contributed by atoms with Gasteiger partial charge in [-0.15, -0.1) is 0 Å². The molecule has 0 aromatic carbocycles. The first-order valence-corrected chi connectivity index (χ1v) is 22.6. The van der Waals surface area contributed by atoms with E-state index in [2.05, 4.69) is 0 Å². The van der Waals surface area contributed by atoms with E-state index in [9.17, 15) is 55.9 Å². The van der Waals surface area contributed by atoms with Crippen LogP contribution < -0.4 is 5.73 Å². The highest BCUT2D eigenvalue weighted by Crippen LogP contribution is 2.44. The fraction of sp³-hybridized carbons (Fsp3) is 0.723. The van der Waals surface area contributed by atoms with E-state index < -0.39 is 134 Å². The van der Waals surface area contributed by atoms with Crippen molar-refractivity contribution in [2.45, 2.75) is 189 Å². The lowest BCUT2D eigenvalue weighted by Crippen LogP contribution is -2.55. The molecule has 0 spiro atoms. The number of ether oxygens (including phenoxy) is 4. The van der Waals surface area contributed by atoms with Gasteiger partial charge in [0.1, 0.15) is 12.2 Å². The molecule has 4 aliphatic rings. The summed E-state index contributed by atoms with van der Waals surface area (Å²) >= 11 is 0. The highest BCUT2D eigenvalue weighted by Gasteiger charge is 2.62. The first-order valence-electron chi connectivity index (χ1n) is 22.6. The molecule has 0 aromatic rings. The summed E-state index contributed by atoms with van der Waals surface area (Å²) in [6.07, 6.45) is 7.69. The monoisotopic (exact) mass is 894 g/mol. The summed E-state index contributed by atoms with van der Waals surface area (Å²) in [6, 6.07) is -0.777. The average Bonchev–Trinajstić information content (AvgIpc) is 3.87. The second-order valence-electron chi connectivity index (χ2n) is 18.2. The zero-order chi connectivity index (χ0) is 46.4. The topological polar surface area (TPSA) is 282 Å². The highest BCUT2D eigenvalue weighted by atomic mass is 16.7. The largest absolute Gasteiger partial charge is 0.462 e. The smallest absolute Gasteiger partial charge is 0.308 e. The SMILES string of the molecule is CC1/C=C/C=C/CC/C=C/C=C/C=C/C=C/C(OC2OC3C(O)C3C(N)C2O)CC2OC(O)(CC(O)C(O)CCC(O)CC(O)CC(O)CC(=O)OC(C)C(C)C1O)CC(O)C2C. The molecule has 3 heterocycles. The van der Waals surface area contributed by atoms with Gasteiger partial charge >= 0.3 is 5.97 Å². The predicted octanol–water partition coefficient (Wildman–Crippen LogP) is 1.48. The minimum Gasteiger partial charge on any atom is -0.462 e. The van der Waals surface area contributed by atoms with Gasteiger partial charge in [0.15, 0.2) is 12.1 Å². The molecule has 20 unspecified atom stereocenters. The number of allylic oxidation sites excluding steroid dienone is 10. The van der Waals surface area contributed by atoms with Gasteiger partial charge in [0.05, 0.1) is 73.6 Å². The van der Waals surface area contributed by atoms with E-state index in [-0.39, 0.29) is 44.4 Å². The van der Waals surface area contributed by atoms with Crippen molar-refractivity contribution in [3.05, 3.63) is 72.9 Å². The van der Waals surface area contributed by atoms with E-state index >= 15 is 0 Å². The van der Waals surface area contributed by atoms with Crippen LogP contribution in [0.5, 0.6) is 0 Å². The standard InChI is InChI=1S/C47H75NO15/c1-27-17-15-13-11-9-7-5-6-8-10-12-14-16-18-34(61-46-44(58)41(48)40-43(57)45(40)62-46)24-38-29(3)36(53)25-47(59,63-38)26-37(54)35(52)20-19-31(49)21-32(50)22-33(51)23-39(55)60-30(4)28(2)42(27)56/h5-6,8,10-18,27-38,40-46,49-54,56-59H,7,9,19-26,48H2,1-4H3/b6-5+,10-8+,13-11+,14-12+,17-15+,18-16+. The average molecular weight is 894 g/mol. The second-order valence-corrected chi connectivity index (χ2v) is 18.2. The lowest BCUT2D eigenvalue weighted by atomic mass is 9.83. The van der Waals surface area contributed by atoms with E-state index in [0.717, 1.165) is 12.8 Å². The molecule has 358 valence electrons. The molecule has 4 rings (SSSR count). The molecule has 3 fully saturated rings. The normalized spacial score (nSPS) is 48.0. The van der Waals surface area contributed by atoms with Crippen LogP contribution in [-0.4, -0.2) is 155 Å². The summed E-state index contributed by atoms with van der Waals surface area (Å²) < 4.78 is 23.7. The molecule has 2 saturated heterocycles. The van der Waals surface area contributed by atoms with Gasteiger partial charge < -0.3 is 75.7 Å². The third kappa shape index (κ3) is 16.6. The molecule has 20 atom stereocenters. The Hall–Kier alpha value is -2.65. The van der Waals surface area contributed by atoms with Gasteiger partial charge in [-0.3, -0.25) is 4.79 Å². The van der Waals surface area contributed by atoms with Crippen LogP contribution in [0.1, 0.15) is 91.9 Å². The van der Waals surface area contributed by atoms with Crippen LogP contribution >= 0.6 is 0 Å². The third-order valence-corrected chi connectivity index (χ3v) is 12.8. The van der Waals surface area contributed by atoms with E-state index in [1.165, 1.54) is 0 Å². The summed E-state index contributed by atoms with van der Waals surface area (Å²) in [6.45, 7) is 7.05. The van der Waals surface area contributed by atoms with Gasteiger partial charge in [-0.25, -0.2) is 0 Å². The molecule has 16 heteroatoms. The minimum atomic E-state index is -2.07. The van der Waals surface area contributed by atoms with Crippen molar-refractivity contribution in [3.63, 3.8) is 0 Å². The van der Waals surface area contributed by atoms with Crippen molar-refractivity contribution in [1.82, 2.24) is 0 Å². The summed E-state index contributed by atoms with van der Waals surface area (Å²) in [5, 5.41) is 108. The molecule has 2 bridgehead atoms. The number of hydrogen-bond donors (Lipinski definition) is 11. The van der Waals surface area contributed by atoms with Crippen molar-refractivity contribution in [1.29, 1.82) is 0 Å². The maximum atomic E-state index is 12.6. The first-order chi connectivity index (χ1) is 29.8. The van der Waals surface area contributed by atoms with Crippen molar-refractivity contribution in [2.24, 2.45) is 29.4 Å². The fourth-order valence-corrected chi connectivity index (χ4v) is 8.43. The molecule has 63 heavy (non-hydrogen) atoms. The molecule has 3 aliphatic heterocycles. The van der Waals surface area contributed by atoms with Crippen LogP contribution in [0.25, 0.3) is 0 Å². The van der Waals surface area contributed by atoms with Gasteiger partial charge in [-0.2, -0.15) is 0 Å². The zero-order valence-corrected chi connectivity index (χ0v) is 37.1. The molecule has 0 radical (unpaired) electrons. The van der Waals surface area contributed by atoms with Crippen molar-refractivity contribution in [3.8, 4) is 0 Å². The van der Waals surface area contributed by atoms with Gasteiger partial charge in [0.25, 0.3) is 0 Å². The Labute approximate surface area is 371 Å². The van der Waals surface area contributed by atoms with E-state index in [1.807, 2.05) is 61.6 Å². The Morgan fingerprint density at radius 1 is 0.667 bits per heavy atom. The van der Waals surface area contributed by atoms with Crippen LogP contribution in [0, 0.1) is 23.7 Å². The molecule has 0 amide bonds. The number of esters is 1. The van der Waals surface area contributed by atoms with Gasteiger partial charge in [-0.05, 0) is 45.4 Å². The number of nitrogens with two attached hydrogens (primary N) is 1. The van der Waals surface area contributed by atoms with Crippen molar-refractivity contribution < 1.29 is 74.8 Å². The lowest BCUT2D eigenvalue weighted by molar-refractivity contribution is -0.307. The highest BCUT2D eigenvalue weighted by molar-refractivity contribution is 5.70. The minimum absolute atomic E-state index is 0.0553. The summed E-state index contributed by atoms with van der Waals surface area (Å²) in [5.41, 5.74) is 6.19. The number of rotatable bonds is 2. The number of hydrogen-bond acceptors (Lipinski definition) is 16. The Kier molecular flexibility index (Phi) is 21.3. The molecule has 1 aliphatic carbocycles. The van der Waals surface area contributed by atoms with E-state index in [4.69, 9.17) is 24.7 Å². The molecular weight excluding hydrogens is 819 g/mol. The first kappa shape index (κ1) is 53.0. The van der Waals surface area contributed by atoms with Crippen LogP contribution in [0.4, 0.5) is 0 Å². The maximum Gasteiger partial charge on any atom is 0.308 e. The van der Waals surface area contributed by atoms with Crippen LogP contribution in [-0.2, 0) is 23.7 Å². The molecule has 1 saturated carbocycles. The Bertz CT molecular complexity index is 1570. The number of carbonyl (C=O) groups is 1. The zero-order valence-electron chi connectivity index (χ0n) is 37.1. The second kappa shape index (κ2) is 25.3. The van der Waals surface area contributed by atoms with Crippen LogP contribution in [0.3, 0.4) is 0 Å². The molecule has 0 aromatic heterocycles. The maximum absolute atomic E-state index is 12.6. The molecule has 12 N–H and O–H groups in total. The number of cyclic esters (lactones) is 1. The number of fused-ring (bicyclic) bond motifs is 3. The van der Waals surface area contributed by atoms with Crippen molar-refractivity contribution in [2.75, 3.05) is 0 Å². The van der Waals surface area contributed by atoms with Gasteiger partial charge in [0, 0.05) is 49.0 Å². The lowest BCUT2D eigenvalue weighted by Gasteiger charge is -2.45. The van der Waals surface area contributed by atoms with Gasteiger partial charge in [-0.1, -0.05) is 93.7 Å². The molecular formula is C47H75NO15. The fourth-order valence-electron chi connectivity index (χ4n) is 8.43. The number of carbonyl (C=O) groups excluding carboxylic acids is 1. The van der Waals surface area contributed by atoms with E-state index in [0.29, 0.717) is 0 Å². The third-order valence-electron chi connectivity index (χ3n) is 12.8. The quantitative estimate of drug-likeness (QED) is 0.175. The predicted molar refractivity (Wildman–Crippen MR) is 233 cm³/mol. The summed E-state index contributed by atoms with van der Waals surface area (Å²) in [5.74, 6) is -4.34. The van der Waals surface area contributed by atoms with Crippen molar-refractivity contribution >= 4 is 5.97 Å². The van der Waals surface area contributed by atoms with Gasteiger partial charge in [0.2, 0.25) is 0 Å². The Balaban J connectivity index is 1.47. The Morgan fingerprint density at radius 2 is 1.27 bits per heavy atom. The summed E-state index contributed by atoms with van der Waals surface area (Å²) in [4.78, 5) is 12.6. The van der Waals surface area contributed by atoms with Crippen LogP contribution in [0.15, 0.2) is 72.9 Å². The Morgan fingerprint density at radius 3 is 1.97 bits per heavy atom. The van der Waals surface area contributed by atoms with Crippen LogP contribution in [0.2, 0.25) is 0 Å². The van der Waals surface area contributed by atoms with E-state index in [1.54, 1.807) is 39.0 Å². The number of aliphatic hydroxyl groups is 10. The molecule has 16 nitrogen and oxygen atoms in total.